The van der Waals surface area contributed by atoms with Crippen molar-refractivity contribution in [1.29, 1.82) is 0 Å². The highest BCUT2D eigenvalue weighted by Gasteiger charge is 2.28. The molecule has 2 aromatic carbocycles. The van der Waals surface area contributed by atoms with E-state index in [0.717, 1.165) is 22.2 Å². The van der Waals surface area contributed by atoms with Crippen molar-refractivity contribution in [2.45, 2.75) is 39.3 Å². The average Bonchev–Trinajstić information content (AvgIpc) is 2.77. The summed E-state index contributed by atoms with van der Waals surface area (Å²) in [7, 11) is 1.60. The molecular formula is C23H28BrClN2O4. The van der Waals surface area contributed by atoms with Crippen LogP contribution in [0.5, 0.6) is 11.5 Å². The zero-order valence-electron chi connectivity index (χ0n) is 18.0. The molecule has 0 heterocycles. The van der Waals surface area contributed by atoms with Gasteiger partial charge in [-0.25, -0.2) is 0 Å². The van der Waals surface area contributed by atoms with E-state index in [-0.39, 0.29) is 25.0 Å². The molecule has 0 saturated carbocycles. The number of rotatable bonds is 11. The lowest BCUT2D eigenvalue weighted by molar-refractivity contribution is -0.143. The Morgan fingerprint density at radius 1 is 1.16 bits per heavy atom. The number of benzene rings is 2. The summed E-state index contributed by atoms with van der Waals surface area (Å²) in [6, 6.07) is 12.0. The number of hydrogen-bond donors (Lipinski definition) is 1. The molecule has 2 amide bonds. The van der Waals surface area contributed by atoms with Crippen LogP contribution in [0, 0.1) is 0 Å². The fourth-order valence-corrected chi connectivity index (χ4v) is 3.76. The van der Waals surface area contributed by atoms with Crippen LogP contribution in [-0.2, 0) is 16.1 Å². The third-order valence-corrected chi connectivity index (χ3v) is 5.48. The molecule has 6 nitrogen and oxygen atoms in total. The summed E-state index contributed by atoms with van der Waals surface area (Å²) >= 11 is 9.54. The van der Waals surface area contributed by atoms with Crippen LogP contribution in [-0.4, -0.2) is 43.0 Å². The molecule has 31 heavy (non-hydrogen) atoms. The van der Waals surface area contributed by atoms with Gasteiger partial charge in [0, 0.05) is 17.6 Å². The molecule has 0 aliphatic rings. The molecule has 0 aliphatic carbocycles. The normalized spacial score (nSPS) is 11.5. The highest BCUT2D eigenvalue weighted by molar-refractivity contribution is 9.10. The van der Waals surface area contributed by atoms with Crippen LogP contribution in [0.3, 0.4) is 0 Å². The first kappa shape index (κ1) is 25.0. The van der Waals surface area contributed by atoms with Gasteiger partial charge in [-0.1, -0.05) is 53.5 Å². The minimum absolute atomic E-state index is 0.173. The zero-order valence-corrected chi connectivity index (χ0v) is 20.3. The second-order valence-electron chi connectivity index (χ2n) is 6.95. The Morgan fingerprint density at radius 3 is 2.45 bits per heavy atom. The van der Waals surface area contributed by atoms with Crippen LogP contribution in [0.1, 0.15) is 32.3 Å². The number of ether oxygens (including phenoxy) is 2. The fourth-order valence-electron chi connectivity index (χ4n) is 3.03. The van der Waals surface area contributed by atoms with Crippen LogP contribution in [0.25, 0.3) is 0 Å². The number of nitrogens with zero attached hydrogens (tertiary/aromatic N) is 1. The van der Waals surface area contributed by atoms with Gasteiger partial charge in [-0.2, -0.15) is 0 Å². The maximum atomic E-state index is 13.1. The van der Waals surface area contributed by atoms with Crippen molar-refractivity contribution in [2.24, 2.45) is 0 Å². The Balaban J connectivity index is 2.20. The predicted molar refractivity (Wildman–Crippen MR) is 126 cm³/mol. The van der Waals surface area contributed by atoms with Crippen LogP contribution in [0.4, 0.5) is 0 Å². The lowest BCUT2D eigenvalue weighted by atomic mass is 10.1. The van der Waals surface area contributed by atoms with Gasteiger partial charge in [0.1, 0.15) is 17.5 Å². The van der Waals surface area contributed by atoms with Gasteiger partial charge in [-0.3, -0.25) is 9.59 Å². The molecule has 0 bridgehead atoms. The monoisotopic (exact) mass is 510 g/mol. The molecule has 1 unspecified atom stereocenters. The number of amides is 2. The van der Waals surface area contributed by atoms with Crippen molar-refractivity contribution in [1.82, 2.24) is 10.2 Å². The van der Waals surface area contributed by atoms with E-state index in [1.54, 1.807) is 30.2 Å². The Hall–Kier alpha value is -2.25. The summed E-state index contributed by atoms with van der Waals surface area (Å²) in [5.74, 6) is 0.662. The minimum Gasteiger partial charge on any atom is -0.497 e. The van der Waals surface area contributed by atoms with Gasteiger partial charge in [-0.05, 0) is 48.7 Å². The number of halogens is 2. The average molecular weight is 512 g/mol. The molecule has 168 valence electrons. The van der Waals surface area contributed by atoms with Crippen molar-refractivity contribution in [2.75, 3.05) is 20.3 Å². The number of methoxy groups -OCH3 is 1. The van der Waals surface area contributed by atoms with Crippen molar-refractivity contribution in [3.05, 3.63) is 57.5 Å². The second-order valence-corrected chi connectivity index (χ2v) is 8.27. The van der Waals surface area contributed by atoms with Crippen molar-refractivity contribution in [3.63, 3.8) is 0 Å². The Morgan fingerprint density at radius 2 is 1.87 bits per heavy atom. The van der Waals surface area contributed by atoms with E-state index >= 15 is 0 Å². The molecular weight excluding hydrogens is 484 g/mol. The van der Waals surface area contributed by atoms with Crippen LogP contribution >= 0.6 is 27.5 Å². The zero-order chi connectivity index (χ0) is 22.8. The second kappa shape index (κ2) is 12.6. The first-order valence-corrected chi connectivity index (χ1v) is 11.3. The molecule has 2 aromatic rings. The molecule has 2 rings (SSSR count). The van der Waals surface area contributed by atoms with Gasteiger partial charge in [0.25, 0.3) is 5.91 Å². The van der Waals surface area contributed by atoms with E-state index in [0.29, 0.717) is 23.7 Å². The molecule has 0 spiro atoms. The number of nitrogens with one attached hydrogen (secondary N) is 1. The first-order chi connectivity index (χ1) is 14.9. The van der Waals surface area contributed by atoms with E-state index in [9.17, 15) is 9.59 Å². The smallest absolute Gasteiger partial charge is 0.261 e. The van der Waals surface area contributed by atoms with E-state index in [2.05, 4.69) is 21.2 Å². The molecule has 1 atom stereocenters. The maximum Gasteiger partial charge on any atom is 0.261 e. The van der Waals surface area contributed by atoms with E-state index in [1.807, 2.05) is 38.1 Å². The van der Waals surface area contributed by atoms with Gasteiger partial charge < -0.3 is 19.7 Å². The molecule has 1 N–H and O–H groups in total. The number of hydrogen-bond acceptors (Lipinski definition) is 4. The summed E-state index contributed by atoms with van der Waals surface area (Å²) in [5, 5.41) is 3.29. The summed E-state index contributed by atoms with van der Waals surface area (Å²) in [4.78, 5) is 27.4. The molecule has 8 heteroatoms. The van der Waals surface area contributed by atoms with E-state index < -0.39 is 6.04 Å². The molecule has 0 fully saturated rings. The fraction of sp³-hybridized carbons (Fsp3) is 0.391. The quantitative estimate of drug-likeness (QED) is 0.469. The lowest BCUT2D eigenvalue weighted by Gasteiger charge is -2.30. The van der Waals surface area contributed by atoms with Gasteiger partial charge in [-0.15, -0.1) is 0 Å². The molecule has 0 aliphatic heterocycles. The Labute approximate surface area is 197 Å². The van der Waals surface area contributed by atoms with E-state index in [4.69, 9.17) is 21.1 Å². The summed E-state index contributed by atoms with van der Waals surface area (Å²) in [6.07, 6.45) is 1.30. The SMILES string of the molecule is CCCNC(=O)C(CC)N(Cc1ccc(OC)cc1)C(=O)COc1ccc(Br)cc1Cl. The molecule has 0 saturated heterocycles. The van der Waals surface area contributed by atoms with Crippen molar-refractivity contribution >= 4 is 39.3 Å². The maximum absolute atomic E-state index is 13.1. The first-order valence-electron chi connectivity index (χ1n) is 10.2. The third-order valence-electron chi connectivity index (χ3n) is 4.69. The molecule has 0 aromatic heterocycles. The largest absolute Gasteiger partial charge is 0.497 e. The standard InChI is InChI=1S/C23H28BrClN2O4/c1-4-12-26-23(29)20(5-2)27(14-16-6-9-18(30-3)10-7-16)22(28)15-31-21-11-8-17(24)13-19(21)25/h6-11,13,20H,4-5,12,14-15H2,1-3H3,(H,26,29). The summed E-state index contributed by atoms with van der Waals surface area (Å²) in [5.41, 5.74) is 0.887. The Kier molecular flexibility index (Phi) is 10.1. The van der Waals surface area contributed by atoms with Crippen molar-refractivity contribution < 1.29 is 19.1 Å². The van der Waals surface area contributed by atoms with Crippen LogP contribution < -0.4 is 14.8 Å². The number of carbonyl (C=O) groups excluding carboxylic acids is 2. The number of carbonyl (C=O) groups is 2. The third kappa shape index (κ3) is 7.43. The lowest BCUT2D eigenvalue weighted by Crippen LogP contribution is -2.50. The van der Waals surface area contributed by atoms with Crippen molar-refractivity contribution in [3.8, 4) is 11.5 Å². The van der Waals surface area contributed by atoms with E-state index in [1.165, 1.54) is 0 Å². The Bertz CT molecular complexity index is 876. The van der Waals surface area contributed by atoms with Gasteiger partial charge in [0.15, 0.2) is 6.61 Å². The predicted octanol–water partition coefficient (Wildman–Crippen LogP) is 4.82. The topological polar surface area (TPSA) is 67.9 Å². The molecule has 0 radical (unpaired) electrons. The summed E-state index contributed by atoms with van der Waals surface area (Å²) in [6.45, 7) is 4.48. The minimum atomic E-state index is -0.606. The van der Waals surface area contributed by atoms with Gasteiger partial charge in [0.2, 0.25) is 5.91 Å². The van der Waals surface area contributed by atoms with Gasteiger partial charge >= 0.3 is 0 Å². The highest BCUT2D eigenvalue weighted by atomic mass is 79.9. The summed E-state index contributed by atoms with van der Waals surface area (Å²) < 4.78 is 11.7. The van der Waals surface area contributed by atoms with Crippen LogP contribution in [0.15, 0.2) is 46.9 Å². The van der Waals surface area contributed by atoms with Gasteiger partial charge in [0.05, 0.1) is 12.1 Å². The van der Waals surface area contributed by atoms with Crippen LogP contribution in [0.2, 0.25) is 5.02 Å². The highest BCUT2D eigenvalue weighted by Crippen LogP contribution is 2.28.